The van der Waals surface area contributed by atoms with E-state index in [1.54, 1.807) is 0 Å². The summed E-state index contributed by atoms with van der Waals surface area (Å²) in [6, 6.07) is 0. The zero-order chi connectivity index (χ0) is 13.0. The molecule has 0 spiro atoms. The van der Waals surface area contributed by atoms with Crippen LogP contribution in [0.4, 0.5) is 0 Å². The van der Waals surface area contributed by atoms with E-state index in [9.17, 15) is 0 Å². The van der Waals surface area contributed by atoms with E-state index in [1.807, 2.05) is 11.3 Å². The summed E-state index contributed by atoms with van der Waals surface area (Å²) in [5.41, 5.74) is 1.35. The quantitative estimate of drug-likeness (QED) is 0.854. The van der Waals surface area contributed by atoms with Gasteiger partial charge in [-0.05, 0) is 37.5 Å². The minimum Gasteiger partial charge on any atom is -0.312 e. The minimum absolute atomic E-state index is 0.677. The van der Waals surface area contributed by atoms with Crippen LogP contribution in [0.15, 0.2) is 0 Å². The molecule has 2 heterocycles. The van der Waals surface area contributed by atoms with Crippen molar-refractivity contribution in [1.82, 2.24) is 10.3 Å². The van der Waals surface area contributed by atoms with Gasteiger partial charge in [-0.3, -0.25) is 0 Å². The lowest BCUT2D eigenvalue weighted by molar-refractivity contribution is 0.625. The fourth-order valence-electron chi connectivity index (χ4n) is 2.24. The summed E-state index contributed by atoms with van der Waals surface area (Å²) < 4.78 is 0. The van der Waals surface area contributed by atoms with E-state index >= 15 is 0 Å². The van der Waals surface area contributed by atoms with Gasteiger partial charge < -0.3 is 5.32 Å². The number of thiazole rings is 1. The van der Waals surface area contributed by atoms with Crippen LogP contribution in [0, 0.1) is 5.92 Å². The highest BCUT2D eigenvalue weighted by molar-refractivity contribution is 7.99. The number of rotatable bonds is 6. The van der Waals surface area contributed by atoms with E-state index in [-0.39, 0.29) is 0 Å². The van der Waals surface area contributed by atoms with Crippen molar-refractivity contribution in [3.05, 3.63) is 15.6 Å². The molecule has 4 heteroatoms. The van der Waals surface area contributed by atoms with Gasteiger partial charge in [0.1, 0.15) is 5.01 Å². The SMILES string of the molecule is CCNCc1sc(C2CCCS2)nc1CC(C)C. The first-order valence-corrected chi connectivity index (χ1v) is 8.88. The molecule has 0 bridgehead atoms. The van der Waals surface area contributed by atoms with Crippen LogP contribution in [-0.2, 0) is 13.0 Å². The van der Waals surface area contributed by atoms with Gasteiger partial charge in [-0.15, -0.1) is 11.3 Å². The minimum atomic E-state index is 0.677. The van der Waals surface area contributed by atoms with Gasteiger partial charge in [-0.2, -0.15) is 11.8 Å². The van der Waals surface area contributed by atoms with Crippen molar-refractivity contribution in [2.45, 2.75) is 51.8 Å². The van der Waals surface area contributed by atoms with Crippen LogP contribution < -0.4 is 5.32 Å². The van der Waals surface area contributed by atoms with Gasteiger partial charge in [0.15, 0.2) is 0 Å². The summed E-state index contributed by atoms with van der Waals surface area (Å²) in [7, 11) is 0. The van der Waals surface area contributed by atoms with Crippen molar-refractivity contribution in [2.75, 3.05) is 12.3 Å². The van der Waals surface area contributed by atoms with Gasteiger partial charge >= 0.3 is 0 Å². The molecule has 1 aromatic heterocycles. The first-order valence-electron chi connectivity index (χ1n) is 7.01. The van der Waals surface area contributed by atoms with E-state index < -0.39 is 0 Å². The van der Waals surface area contributed by atoms with E-state index in [4.69, 9.17) is 4.98 Å². The smallest absolute Gasteiger partial charge is 0.106 e. The molecule has 2 rings (SSSR count). The van der Waals surface area contributed by atoms with E-state index in [2.05, 4.69) is 37.8 Å². The Bertz CT molecular complexity index is 368. The second-order valence-electron chi connectivity index (χ2n) is 5.30. The van der Waals surface area contributed by atoms with Crippen molar-refractivity contribution in [3.63, 3.8) is 0 Å². The first kappa shape index (κ1) is 14.4. The molecule has 1 unspecified atom stereocenters. The zero-order valence-corrected chi connectivity index (χ0v) is 13.3. The van der Waals surface area contributed by atoms with Gasteiger partial charge in [-0.25, -0.2) is 4.98 Å². The third kappa shape index (κ3) is 3.72. The highest BCUT2D eigenvalue weighted by Crippen LogP contribution is 2.42. The Balaban J connectivity index is 2.13. The molecule has 18 heavy (non-hydrogen) atoms. The maximum Gasteiger partial charge on any atom is 0.106 e. The summed E-state index contributed by atoms with van der Waals surface area (Å²) in [6.07, 6.45) is 3.80. The third-order valence-corrected chi connectivity index (χ3v) is 5.88. The lowest BCUT2D eigenvalue weighted by atomic mass is 10.1. The summed E-state index contributed by atoms with van der Waals surface area (Å²) in [5.74, 6) is 2.00. The number of thioether (sulfide) groups is 1. The molecular weight excluding hydrogens is 260 g/mol. The molecule has 1 saturated heterocycles. The van der Waals surface area contributed by atoms with E-state index in [0.717, 1.165) is 19.5 Å². The molecule has 2 nitrogen and oxygen atoms in total. The Morgan fingerprint density at radius 1 is 1.44 bits per heavy atom. The second kappa shape index (κ2) is 6.92. The molecule has 0 amide bonds. The predicted molar refractivity (Wildman–Crippen MR) is 82.5 cm³/mol. The van der Waals surface area contributed by atoms with Gasteiger partial charge in [0.2, 0.25) is 0 Å². The van der Waals surface area contributed by atoms with Crippen LogP contribution in [-0.4, -0.2) is 17.3 Å². The fourth-order valence-corrected chi connectivity index (χ4v) is 4.81. The zero-order valence-electron chi connectivity index (χ0n) is 11.7. The molecule has 1 fully saturated rings. The monoisotopic (exact) mass is 284 g/mol. The number of nitrogens with one attached hydrogen (secondary N) is 1. The summed E-state index contributed by atoms with van der Waals surface area (Å²) in [5, 5.41) is 5.50. The highest BCUT2D eigenvalue weighted by atomic mass is 32.2. The van der Waals surface area contributed by atoms with Crippen LogP contribution in [0.5, 0.6) is 0 Å². The van der Waals surface area contributed by atoms with E-state index in [0.29, 0.717) is 11.2 Å². The molecule has 1 aliphatic heterocycles. The lowest BCUT2D eigenvalue weighted by Gasteiger charge is -2.05. The standard InChI is InChI=1S/C14H24N2S2/c1-4-15-9-13-11(8-10(2)3)16-14(18-13)12-6-5-7-17-12/h10,12,15H,4-9H2,1-3H3. The largest absolute Gasteiger partial charge is 0.312 e. The normalized spacial score (nSPS) is 19.9. The Kier molecular flexibility index (Phi) is 5.52. The molecule has 1 N–H and O–H groups in total. The Morgan fingerprint density at radius 2 is 2.28 bits per heavy atom. The summed E-state index contributed by atoms with van der Waals surface area (Å²) >= 11 is 4.03. The van der Waals surface area contributed by atoms with Crippen molar-refractivity contribution < 1.29 is 0 Å². The van der Waals surface area contributed by atoms with Crippen molar-refractivity contribution in [2.24, 2.45) is 5.92 Å². The highest BCUT2D eigenvalue weighted by Gasteiger charge is 2.23. The number of hydrogen-bond donors (Lipinski definition) is 1. The first-order chi connectivity index (χ1) is 8.70. The van der Waals surface area contributed by atoms with Crippen LogP contribution >= 0.6 is 23.1 Å². The van der Waals surface area contributed by atoms with Crippen LogP contribution in [0.1, 0.15) is 54.4 Å². The van der Waals surface area contributed by atoms with Gasteiger partial charge in [0.25, 0.3) is 0 Å². The van der Waals surface area contributed by atoms with Crippen LogP contribution in [0.3, 0.4) is 0 Å². The Labute approximate surface area is 119 Å². The molecule has 0 radical (unpaired) electrons. The van der Waals surface area contributed by atoms with Crippen LogP contribution in [0.2, 0.25) is 0 Å². The third-order valence-electron chi connectivity index (χ3n) is 3.14. The maximum absolute atomic E-state index is 4.94. The van der Waals surface area contributed by atoms with Crippen molar-refractivity contribution in [1.29, 1.82) is 0 Å². The molecule has 1 aliphatic rings. The Hall–Kier alpha value is -0.0600. The molecule has 1 atom stereocenters. The summed E-state index contributed by atoms with van der Waals surface area (Å²) in [4.78, 5) is 6.41. The number of aromatic nitrogens is 1. The molecule has 0 aliphatic carbocycles. The molecular formula is C14H24N2S2. The van der Waals surface area contributed by atoms with E-state index in [1.165, 1.54) is 34.2 Å². The number of nitrogens with zero attached hydrogens (tertiary/aromatic N) is 1. The van der Waals surface area contributed by atoms with Crippen molar-refractivity contribution >= 4 is 23.1 Å². The molecule has 102 valence electrons. The number of hydrogen-bond acceptors (Lipinski definition) is 4. The fraction of sp³-hybridized carbons (Fsp3) is 0.786. The second-order valence-corrected chi connectivity index (χ2v) is 7.73. The predicted octanol–water partition coefficient (Wildman–Crippen LogP) is 4.02. The average Bonchev–Trinajstić information content (AvgIpc) is 2.94. The van der Waals surface area contributed by atoms with Gasteiger partial charge in [0, 0.05) is 11.4 Å². The average molecular weight is 284 g/mol. The maximum atomic E-state index is 4.94. The Morgan fingerprint density at radius 3 is 2.89 bits per heavy atom. The molecule has 0 saturated carbocycles. The van der Waals surface area contributed by atoms with Gasteiger partial charge in [-0.1, -0.05) is 20.8 Å². The molecule has 0 aromatic carbocycles. The lowest BCUT2D eigenvalue weighted by Crippen LogP contribution is -2.12. The topological polar surface area (TPSA) is 24.9 Å². The van der Waals surface area contributed by atoms with Crippen molar-refractivity contribution in [3.8, 4) is 0 Å². The van der Waals surface area contributed by atoms with Gasteiger partial charge in [0.05, 0.1) is 10.9 Å². The van der Waals surface area contributed by atoms with Crippen LogP contribution in [0.25, 0.3) is 0 Å². The summed E-state index contributed by atoms with van der Waals surface area (Å²) in [6.45, 7) is 8.75. The molecule has 1 aromatic rings.